The molecule has 0 saturated carbocycles. The van der Waals surface area contributed by atoms with Crippen LogP contribution >= 0.6 is 0 Å². The van der Waals surface area contributed by atoms with Crippen LogP contribution in [-0.4, -0.2) is 22.2 Å². The van der Waals surface area contributed by atoms with Crippen molar-refractivity contribution in [3.05, 3.63) is 12.2 Å². The van der Waals surface area contributed by atoms with E-state index in [9.17, 15) is 9.59 Å². The predicted molar refractivity (Wildman–Crippen MR) is 49.6 cm³/mol. The zero-order valence-corrected chi connectivity index (χ0v) is 7.99. The van der Waals surface area contributed by atoms with E-state index in [1.807, 2.05) is 6.92 Å². The van der Waals surface area contributed by atoms with Crippen molar-refractivity contribution in [1.29, 1.82) is 0 Å². The summed E-state index contributed by atoms with van der Waals surface area (Å²) in [6, 6.07) is 0. The summed E-state index contributed by atoms with van der Waals surface area (Å²) in [7, 11) is 0. The second-order valence-electron chi connectivity index (χ2n) is 2.34. The summed E-state index contributed by atoms with van der Waals surface area (Å²) in [4.78, 5) is 19.3. The Morgan fingerprint density at radius 1 is 1.31 bits per heavy atom. The van der Waals surface area contributed by atoms with Gasteiger partial charge in [0.05, 0.1) is 0 Å². The summed E-state index contributed by atoms with van der Waals surface area (Å²) in [5.74, 6) is -1.58. The smallest absolute Gasteiger partial charge is 0.327 e. The number of allylic oxidation sites excluding steroid dienone is 1. The molecule has 0 unspecified atom stereocenters. The molecular formula is C9H16O4. The Morgan fingerprint density at radius 2 is 1.85 bits per heavy atom. The monoisotopic (exact) mass is 188 g/mol. The molecule has 0 aliphatic carbocycles. The van der Waals surface area contributed by atoms with Crippen molar-refractivity contribution in [2.24, 2.45) is 0 Å². The van der Waals surface area contributed by atoms with Crippen LogP contribution in [0.2, 0.25) is 0 Å². The lowest BCUT2D eigenvalue weighted by Crippen LogP contribution is -1.91. The summed E-state index contributed by atoms with van der Waals surface area (Å²) in [5.41, 5.74) is 0. The van der Waals surface area contributed by atoms with E-state index in [2.05, 4.69) is 0 Å². The number of carboxylic acid groups (broad SMARTS) is 2. The molecule has 0 fully saturated rings. The average molecular weight is 188 g/mol. The number of carboxylic acids is 2. The van der Waals surface area contributed by atoms with Gasteiger partial charge in [0, 0.05) is 12.5 Å². The molecule has 2 N–H and O–H groups in total. The van der Waals surface area contributed by atoms with Gasteiger partial charge in [0.1, 0.15) is 0 Å². The van der Waals surface area contributed by atoms with Gasteiger partial charge in [-0.15, -0.1) is 0 Å². The summed E-state index contributed by atoms with van der Waals surface area (Å²) in [5, 5.41) is 15.9. The Hall–Kier alpha value is -1.32. The summed E-state index contributed by atoms with van der Waals surface area (Å²) < 4.78 is 0. The van der Waals surface area contributed by atoms with Crippen molar-refractivity contribution >= 4 is 11.9 Å². The zero-order valence-electron chi connectivity index (χ0n) is 7.99. The van der Waals surface area contributed by atoms with Crippen LogP contribution in [-0.2, 0) is 9.59 Å². The molecule has 0 amide bonds. The van der Waals surface area contributed by atoms with Gasteiger partial charge in [-0.05, 0) is 13.3 Å². The standard InChI is InChI=1S/C5H10O2.C4H6O2/c1-2-3-4-5(6)7;1-2-3-4(5)6/h2-4H2,1H3,(H,6,7);2-3H,1H3,(H,5,6). The number of rotatable bonds is 4. The van der Waals surface area contributed by atoms with E-state index >= 15 is 0 Å². The Balaban J connectivity index is 0. The molecule has 76 valence electrons. The minimum absolute atomic E-state index is 0.316. The molecule has 0 aromatic carbocycles. The number of aliphatic carboxylic acids is 2. The number of unbranched alkanes of at least 4 members (excludes halogenated alkanes) is 1. The van der Waals surface area contributed by atoms with Gasteiger partial charge in [0.25, 0.3) is 0 Å². The van der Waals surface area contributed by atoms with Crippen LogP contribution in [0.1, 0.15) is 33.1 Å². The van der Waals surface area contributed by atoms with Gasteiger partial charge in [-0.1, -0.05) is 19.4 Å². The summed E-state index contributed by atoms with van der Waals surface area (Å²) in [6.45, 7) is 3.64. The molecule has 13 heavy (non-hydrogen) atoms. The lowest BCUT2D eigenvalue weighted by molar-refractivity contribution is -0.137. The SMILES string of the molecule is CC=CC(=O)O.CCCCC(=O)O. The van der Waals surface area contributed by atoms with Crippen LogP contribution in [0.25, 0.3) is 0 Å². The molecule has 4 heteroatoms. The number of hydrogen-bond acceptors (Lipinski definition) is 2. The third-order valence-electron chi connectivity index (χ3n) is 1.05. The van der Waals surface area contributed by atoms with Crippen LogP contribution in [0.15, 0.2) is 12.2 Å². The molecule has 0 rings (SSSR count). The van der Waals surface area contributed by atoms with Crippen LogP contribution in [0.3, 0.4) is 0 Å². The molecule has 0 bridgehead atoms. The highest BCUT2D eigenvalue weighted by molar-refractivity contribution is 5.79. The topological polar surface area (TPSA) is 74.6 Å². The molecule has 0 atom stereocenters. The lowest BCUT2D eigenvalue weighted by Gasteiger charge is -1.85. The molecule has 0 aliphatic heterocycles. The molecule has 0 spiro atoms. The summed E-state index contributed by atoms with van der Waals surface area (Å²) >= 11 is 0. The second-order valence-corrected chi connectivity index (χ2v) is 2.34. The Labute approximate surface area is 77.9 Å². The maximum Gasteiger partial charge on any atom is 0.327 e. The van der Waals surface area contributed by atoms with Crippen molar-refractivity contribution in [1.82, 2.24) is 0 Å². The number of carbonyl (C=O) groups is 2. The first-order valence-corrected chi connectivity index (χ1v) is 4.12. The van der Waals surface area contributed by atoms with Crippen LogP contribution < -0.4 is 0 Å². The molecule has 0 aromatic rings. The third-order valence-corrected chi connectivity index (χ3v) is 1.05. The minimum Gasteiger partial charge on any atom is -0.481 e. The van der Waals surface area contributed by atoms with Gasteiger partial charge in [0.15, 0.2) is 0 Å². The Kier molecular flexibility index (Phi) is 11.7. The average Bonchev–Trinajstić information content (AvgIpc) is 2.01. The number of hydrogen-bond donors (Lipinski definition) is 2. The van der Waals surface area contributed by atoms with Crippen molar-refractivity contribution in [2.75, 3.05) is 0 Å². The molecule has 0 radical (unpaired) electrons. The highest BCUT2D eigenvalue weighted by Crippen LogP contribution is 1.91. The highest BCUT2D eigenvalue weighted by Gasteiger charge is 1.90. The van der Waals surface area contributed by atoms with Gasteiger partial charge in [-0.2, -0.15) is 0 Å². The van der Waals surface area contributed by atoms with E-state index < -0.39 is 11.9 Å². The van der Waals surface area contributed by atoms with Gasteiger partial charge in [0.2, 0.25) is 0 Å². The van der Waals surface area contributed by atoms with E-state index in [1.165, 1.54) is 6.08 Å². The zero-order chi connectivity index (χ0) is 10.7. The van der Waals surface area contributed by atoms with Crippen molar-refractivity contribution < 1.29 is 19.8 Å². The fraction of sp³-hybridized carbons (Fsp3) is 0.556. The largest absolute Gasteiger partial charge is 0.481 e. The molecule has 4 nitrogen and oxygen atoms in total. The van der Waals surface area contributed by atoms with Crippen LogP contribution in [0, 0.1) is 0 Å². The first kappa shape index (κ1) is 14.2. The van der Waals surface area contributed by atoms with Gasteiger partial charge < -0.3 is 10.2 Å². The van der Waals surface area contributed by atoms with Gasteiger partial charge in [-0.3, -0.25) is 4.79 Å². The maximum atomic E-state index is 9.76. The van der Waals surface area contributed by atoms with Crippen LogP contribution in [0.4, 0.5) is 0 Å². The first-order valence-electron chi connectivity index (χ1n) is 4.12. The molecule has 0 heterocycles. The molecule has 0 aromatic heterocycles. The predicted octanol–water partition coefficient (Wildman–Crippen LogP) is 1.91. The minimum atomic E-state index is -0.891. The Bertz CT molecular complexity index is 172. The quantitative estimate of drug-likeness (QED) is 0.661. The van der Waals surface area contributed by atoms with E-state index in [-0.39, 0.29) is 0 Å². The van der Waals surface area contributed by atoms with E-state index in [0.717, 1.165) is 18.9 Å². The molecular weight excluding hydrogens is 172 g/mol. The maximum absolute atomic E-state index is 9.76. The summed E-state index contributed by atoms with van der Waals surface area (Å²) in [6.07, 6.45) is 4.64. The van der Waals surface area contributed by atoms with Crippen LogP contribution in [0.5, 0.6) is 0 Å². The van der Waals surface area contributed by atoms with E-state index in [4.69, 9.17) is 10.2 Å². The second kappa shape index (κ2) is 10.7. The normalized spacial score (nSPS) is 9.08. The van der Waals surface area contributed by atoms with Crippen molar-refractivity contribution in [3.63, 3.8) is 0 Å². The molecule has 0 aliphatic rings. The fourth-order valence-electron chi connectivity index (χ4n) is 0.471. The highest BCUT2D eigenvalue weighted by atomic mass is 16.4. The van der Waals surface area contributed by atoms with Crippen molar-refractivity contribution in [2.45, 2.75) is 33.1 Å². The first-order chi connectivity index (χ1) is 6.04. The fourth-order valence-corrected chi connectivity index (χ4v) is 0.471. The Morgan fingerprint density at radius 3 is 1.92 bits per heavy atom. The molecule has 0 saturated heterocycles. The third kappa shape index (κ3) is 24.9. The van der Waals surface area contributed by atoms with Crippen molar-refractivity contribution in [3.8, 4) is 0 Å². The van der Waals surface area contributed by atoms with Gasteiger partial charge in [-0.25, -0.2) is 4.79 Å². The lowest BCUT2D eigenvalue weighted by atomic mass is 10.3. The van der Waals surface area contributed by atoms with Gasteiger partial charge >= 0.3 is 11.9 Å². The van der Waals surface area contributed by atoms with E-state index in [1.54, 1.807) is 6.92 Å². The van der Waals surface area contributed by atoms with E-state index in [0.29, 0.717) is 6.42 Å².